The number of thiocarbonyl (C=S) groups is 1. The standard InChI is InChI=1S/C25H24F4N6O2S/c26-17-14-16(2-3-20(17)37-13-12-33-10-8-31-9-11-33)35-23(38)34(22(36)24(35)5-1-6-24)19-4-7-32-18(15-30)21(19)25(27,28)29/h2-4,7,14,31H,1,5-6,8-13H2. The summed E-state index contributed by atoms with van der Waals surface area (Å²) < 4.78 is 62.7. The predicted molar refractivity (Wildman–Crippen MR) is 134 cm³/mol. The zero-order chi connectivity index (χ0) is 27.1. The number of halogens is 4. The van der Waals surface area contributed by atoms with Gasteiger partial charge in [-0.15, -0.1) is 0 Å². The van der Waals surface area contributed by atoms with E-state index in [1.54, 1.807) is 6.07 Å². The number of hydrogen-bond acceptors (Lipinski definition) is 7. The number of carbonyl (C=O) groups excluding carboxylic acids is 1. The molecule has 5 rings (SSSR count). The van der Waals surface area contributed by atoms with Crippen molar-refractivity contribution in [2.45, 2.75) is 31.0 Å². The van der Waals surface area contributed by atoms with Crippen molar-refractivity contribution in [3.05, 3.63) is 47.5 Å². The number of pyridine rings is 1. The Labute approximate surface area is 221 Å². The van der Waals surface area contributed by atoms with Gasteiger partial charge in [0.1, 0.15) is 23.8 Å². The van der Waals surface area contributed by atoms with Crippen LogP contribution in [0, 0.1) is 17.1 Å². The number of ether oxygens (including phenoxy) is 1. The Morgan fingerprint density at radius 3 is 2.55 bits per heavy atom. The monoisotopic (exact) mass is 548 g/mol. The quantitative estimate of drug-likeness (QED) is 0.434. The summed E-state index contributed by atoms with van der Waals surface area (Å²) in [5.41, 5.74) is -3.76. The van der Waals surface area contributed by atoms with Crippen LogP contribution >= 0.6 is 12.2 Å². The molecule has 8 nitrogen and oxygen atoms in total. The highest BCUT2D eigenvalue weighted by atomic mass is 32.1. The van der Waals surface area contributed by atoms with E-state index in [1.807, 2.05) is 0 Å². The van der Waals surface area contributed by atoms with Gasteiger partial charge in [0, 0.05) is 50.7 Å². The average molecular weight is 549 g/mol. The summed E-state index contributed by atoms with van der Waals surface area (Å²) in [6.07, 6.45) is -2.60. The lowest BCUT2D eigenvalue weighted by molar-refractivity contribution is -0.137. The number of aromatic nitrogens is 1. The third-order valence-corrected chi connectivity index (χ3v) is 7.57. The van der Waals surface area contributed by atoms with Crippen LogP contribution in [-0.2, 0) is 11.0 Å². The van der Waals surface area contributed by atoms with Crippen molar-refractivity contribution in [1.29, 1.82) is 5.26 Å². The zero-order valence-electron chi connectivity index (χ0n) is 20.2. The summed E-state index contributed by atoms with van der Waals surface area (Å²) in [6, 6.07) is 6.62. The Bertz CT molecular complexity index is 1300. The molecule has 3 heterocycles. The fraction of sp³-hybridized carbons (Fsp3) is 0.440. The van der Waals surface area contributed by atoms with E-state index in [-0.39, 0.29) is 23.2 Å². The largest absolute Gasteiger partial charge is 0.489 e. The predicted octanol–water partition coefficient (Wildman–Crippen LogP) is 3.46. The number of carbonyl (C=O) groups is 1. The molecule has 0 radical (unpaired) electrons. The number of rotatable bonds is 6. The van der Waals surface area contributed by atoms with Gasteiger partial charge in [-0.3, -0.25) is 14.6 Å². The van der Waals surface area contributed by atoms with Crippen molar-refractivity contribution in [1.82, 2.24) is 15.2 Å². The van der Waals surface area contributed by atoms with Gasteiger partial charge in [0.2, 0.25) is 0 Å². The van der Waals surface area contributed by atoms with E-state index < -0.39 is 40.4 Å². The molecule has 200 valence electrons. The zero-order valence-corrected chi connectivity index (χ0v) is 21.0. The van der Waals surface area contributed by atoms with Crippen LogP contribution < -0.4 is 19.9 Å². The summed E-state index contributed by atoms with van der Waals surface area (Å²) in [4.78, 5) is 21.6. The molecule has 0 bridgehead atoms. The summed E-state index contributed by atoms with van der Waals surface area (Å²) in [7, 11) is 0. The molecule has 0 unspecified atom stereocenters. The van der Waals surface area contributed by atoms with Gasteiger partial charge in [0.25, 0.3) is 5.91 Å². The molecular weight excluding hydrogens is 524 g/mol. The van der Waals surface area contributed by atoms with Crippen LogP contribution in [0.15, 0.2) is 30.5 Å². The number of nitrogens with one attached hydrogen (secondary N) is 1. The lowest BCUT2D eigenvalue weighted by Crippen LogP contribution is -2.55. The van der Waals surface area contributed by atoms with Crippen LogP contribution in [0.5, 0.6) is 5.75 Å². The van der Waals surface area contributed by atoms with Crippen molar-refractivity contribution >= 4 is 34.6 Å². The van der Waals surface area contributed by atoms with E-state index in [9.17, 15) is 23.2 Å². The lowest BCUT2D eigenvalue weighted by atomic mass is 9.75. The fourth-order valence-electron chi connectivity index (χ4n) is 5.16. The minimum absolute atomic E-state index is 0.0343. The number of nitriles is 1. The molecule has 1 N–H and O–H groups in total. The second-order valence-electron chi connectivity index (χ2n) is 9.36. The van der Waals surface area contributed by atoms with Gasteiger partial charge in [-0.1, -0.05) is 0 Å². The van der Waals surface area contributed by atoms with Gasteiger partial charge in [-0.2, -0.15) is 18.4 Å². The highest BCUT2D eigenvalue weighted by molar-refractivity contribution is 7.81. The van der Waals surface area contributed by atoms with Crippen molar-refractivity contribution in [3.63, 3.8) is 0 Å². The molecule has 2 aliphatic heterocycles. The van der Waals surface area contributed by atoms with Gasteiger partial charge >= 0.3 is 6.18 Å². The molecule has 1 aromatic carbocycles. The van der Waals surface area contributed by atoms with E-state index in [2.05, 4.69) is 15.2 Å². The molecular formula is C25H24F4N6O2S. The van der Waals surface area contributed by atoms with E-state index in [4.69, 9.17) is 17.0 Å². The maximum absolute atomic E-state index is 15.1. The number of hydrogen-bond donors (Lipinski definition) is 1. The van der Waals surface area contributed by atoms with Gasteiger partial charge in [-0.05, 0) is 49.7 Å². The molecule has 2 aromatic rings. The van der Waals surface area contributed by atoms with Gasteiger partial charge in [-0.25, -0.2) is 9.37 Å². The van der Waals surface area contributed by atoms with Gasteiger partial charge in [0.15, 0.2) is 22.4 Å². The summed E-state index contributed by atoms with van der Waals surface area (Å²) in [5.74, 6) is -1.28. The highest BCUT2D eigenvalue weighted by Crippen LogP contribution is 2.50. The van der Waals surface area contributed by atoms with Crippen LogP contribution in [-0.4, -0.2) is 65.8 Å². The molecule has 3 fully saturated rings. The third kappa shape index (κ3) is 4.46. The molecule has 38 heavy (non-hydrogen) atoms. The Balaban J connectivity index is 1.43. The van der Waals surface area contributed by atoms with Crippen molar-refractivity contribution in [2.75, 3.05) is 49.1 Å². The highest BCUT2D eigenvalue weighted by Gasteiger charge is 2.60. The third-order valence-electron chi connectivity index (χ3n) is 7.20. The topological polar surface area (TPSA) is 84.7 Å². The maximum atomic E-state index is 15.1. The number of anilines is 2. The van der Waals surface area contributed by atoms with E-state index in [1.165, 1.54) is 23.1 Å². The molecule has 1 spiro atoms. The average Bonchev–Trinajstić information content (AvgIpc) is 3.11. The van der Waals surface area contributed by atoms with Crippen molar-refractivity contribution in [3.8, 4) is 11.8 Å². The molecule has 0 atom stereocenters. The second kappa shape index (κ2) is 10.1. The normalized spacial score (nSPS) is 19.6. The Hall–Kier alpha value is -3.34. The maximum Gasteiger partial charge on any atom is 0.421 e. The van der Waals surface area contributed by atoms with Crippen LogP contribution in [0.4, 0.5) is 28.9 Å². The van der Waals surface area contributed by atoms with Crippen LogP contribution in [0.1, 0.15) is 30.5 Å². The SMILES string of the molecule is N#Cc1nccc(N2C(=O)C3(CCC3)N(c3ccc(OCCN4CCNCC4)c(F)c3)C2=S)c1C(F)(F)F. The van der Waals surface area contributed by atoms with Crippen molar-refractivity contribution < 1.29 is 27.1 Å². The van der Waals surface area contributed by atoms with E-state index in [0.717, 1.165) is 43.3 Å². The molecule has 1 saturated carbocycles. The first-order valence-electron chi connectivity index (χ1n) is 12.2. The number of piperazine rings is 1. The molecule has 13 heteroatoms. The first-order chi connectivity index (χ1) is 18.2. The van der Waals surface area contributed by atoms with Crippen LogP contribution in [0.2, 0.25) is 0 Å². The molecule has 3 aliphatic rings. The smallest absolute Gasteiger partial charge is 0.421 e. The minimum Gasteiger partial charge on any atom is -0.489 e. The van der Waals surface area contributed by atoms with Crippen molar-refractivity contribution in [2.24, 2.45) is 0 Å². The number of amides is 1. The second-order valence-corrected chi connectivity index (χ2v) is 9.73. The molecule has 2 saturated heterocycles. The number of nitrogens with zero attached hydrogens (tertiary/aromatic N) is 5. The minimum atomic E-state index is -4.96. The lowest BCUT2D eigenvalue weighted by Gasteiger charge is -2.43. The summed E-state index contributed by atoms with van der Waals surface area (Å²) in [5, 5.41) is 12.3. The van der Waals surface area contributed by atoms with Crippen LogP contribution in [0.3, 0.4) is 0 Å². The molecule has 1 aliphatic carbocycles. The first-order valence-corrected chi connectivity index (χ1v) is 12.6. The Morgan fingerprint density at radius 2 is 1.95 bits per heavy atom. The Kier molecular flexibility index (Phi) is 6.97. The summed E-state index contributed by atoms with van der Waals surface area (Å²) in [6.45, 7) is 4.47. The first kappa shape index (κ1) is 26.3. The number of alkyl halides is 3. The number of benzene rings is 1. The fourth-order valence-corrected chi connectivity index (χ4v) is 5.62. The van der Waals surface area contributed by atoms with Gasteiger partial charge < -0.3 is 15.0 Å². The molecule has 1 aromatic heterocycles. The molecule has 1 amide bonds. The van der Waals surface area contributed by atoms with E-state index in [0.29, 0.717) is 25.8 Å². The Morgan fingerprint density at radius 1 is 1.21 bits per heavy atom. The van der Waals surface area contributed by atoms with E-state index >= 15 is 4.39 Å². The summed E-state index contributed by atoms with van der Waals surface area (Å²) >= 11 is 5.53. The van der Waals surface area contributed by atoms with Crippen LogP contribution in [0.25, 0.3) is 0 Å². The van der Waals surface area contributed by atoms with Gasteiger partial charge in [0.05, 0.1) is 5.69 Å².